The number of fused-ring (bicyclic) bond motifs is 1. The maximum absolute atomic E-state index is 12.9. The Labute approximate surface area is 158 Å². The molecule has 1 atom stereocenters. The summed E-state index contributed by atoms with van der Waals surface area (Å²) in [6, 6.07) is 12.3. The van der Waals surface area contributed by atoms with Gasteiger partial charge in [0, 0.05) is 11.6 Å². The number of nitrogens with zero attached hydrogens (tertiary/aromatic N) is 1. The molecule has 27 heavy (non-hydrogen) atoms. The standard InChI is InChI=1S/C21H24N2O4/c1-13(2)9-18(21-23-17-7-5-6-8-19(17)27-21)22-20(24)14-10-15(25-3)12-16(11-14)26-4/h5-8,10-13,18H,9H2,1-4H3,(H,22,24)/t18-/m1/s1. The van der Waals surface area contributed by atoms with Crippen molar-refractivity contribution in [2.45, 2.75) is 26.3 Å². The van der Waals surface area contributed by atoms with E-state index < -0.39 is 0 Å². The first-order chi connectivity index (χ1) is 13.0. The maximum atomic E-state index is 12.9. The number of methoxy groups -OCH3 is 2. The Hall–Kier alpha value is -3.02. The summed E-state index contributed by atoms with van der Waals surface area (Å²) < 4.78 is 16.4. The highest BCUT2D eigenvalue weighted by Gasteiger charge is 2.23. The van der Waals surface area contributed by atoms with Gasteiger partial charge in [-0.15, -0.1) is 0 Å². The average molecular weight is 368 g/mol. The highest BCUT2D eigenvalue weighted by atomic mass is 16.5. The van der Waals surface area contributed by atoms with Gasteiger partial charge in [0.15, 0.2) is 5.58 Å². The molecule has 3 aromatic rings. The van der Waals surface area contributed by atoms with Gasteiger partial charge < -0.3 is 19.2 Å². The van der Waals surface area contributed by atoms with E-state index in [9.17, 15) is 4.79 Å². The van der Waals surface area contributed by atoms with Crippen molar-refractivity contribution in [3.05, 3.63) is 53.9 Å². The number of carbonyl (C=O) groups is 1. The lowest BCUT2D eigenvalue weighted by molar-refractivity contribution is 0.0924. The fraction of sp³-hybridized carbons (Fsp3) is 0.333. The molecule has 142 valence electrons. The number of nitrogens with one attached hydrogen (secondary N) is 1. The van der Waals surface area contributed by atoms with Gasteiger partial charge in [-0.05, 0) is 36.6 Å². The second-order valence-electron chi connectivity index (χ2n) is 6.78. The second kappa shape index (κ2) is 8.12. The Balaban J connectivity index is 1.89. The molecule has 1 amide bonds. The summed E-state index contributed by atoms with van der Waals surface area (Å²) in [5, 5.41) is 3.04. The van der Waals surface area contributed by atoms with Crippen molar-refractivity contribution in [1.29, 1.82) is 0 Å². The molecule has 1 aromatic heterocycles. The summed E-state index contributed by atoms with van der Waals surface area (Å²) in [6.07, 6.45) is 0.708. The Morgan fingerprint density at radius 1 is 1.11 bits per heavy atom. The quantitative estimate of drug-likeness (QED) is 0.671. The second-order valence-corrected chi connectivity index (χ2v) is 6.78. The van der Waals surface area contributed by atoms with Crippen molar-refractivity contribution in [2.75, 3.05) is 14.2 Å². The van der Waals surface area contributed by atoms with Crippen LogP contribution in [0.15, 0.2) is 46.9 Å². The third-order valence-electron chi connectivity index (χ3n) is 4.23. The van der Waals surface area contributed by atoms with Crippen LogP contribution in [0.2, 0.25) is 0 Å². The minimum atomic E-state index is -0.331. The summed E-state index contributed by atoms with van der Waals surface area (Å²) in [5.74, 6) is 1.74. The van der Waals surface area contributed by atoms with Crippen molar-refractivity contribution in [3.63, 3.8) is 0 Å². The predicted molar refractivity (Wildman–Crippen MR) is 103 cm³/mol. The van der Waals surface area contributed by atoms with Gasteiger partial charge in [0.25, 0.3) is 5.91 Å². The lowest BCUT2D eigenvalue weighted by Gasteiger charge is -2.18. The molecule has 1 heterocycles. The van der Waals surface area contributed by atoms with Crippen LogP contribution in [0.25, 0.3) is 11.1 Å². The monoisotopic (exact) mass is 368 g/mol. The molecule has 0 aliphatic heterocycles. The van der Waals surface area contributed by atoms with Gasteiger partial charge in [0.2, 0.25) is 5.89 Å². The molecule has 0 fully saturated rings. The molecule has 0 saturated carbocycles. The van der Waals surface area contributed by atoms with E-state index in [-0.39, 0.29) is 11.9 Å². The molecule has 0 spiro atoms. The highest BCUT2D eigenvalue weighted by molar-refractivity contribution is 5.95. The highest BCUT2D eigenvalue weighted by Crippen LogP contribution is 2.27. The molecule has 0 aliphatic rings. The van der Waals surface area contributed by atoms with Crippen LogP contribution in [0.4, 0.5) is 0 Å². The van der Waals surface area contributed by atoms with Crippen LogP contribution in [0.5, 0.6) is 11.5 Å². The van der Waals surface area contributed by atoms with Crippen LogP contribution in [-0.2, 0) is 0 Å². The zero-order chi connectivity index (χ0) is 19.4. The SMILES string of the molecule is COc1cc(OC)cc(C(=O)N[C@H](CC(C)C)c2nc3ccccc3o2)c1. The number of hydrogen-bond acceptors (Lipinski definition) is 5. The number of rotatable bonds is 7. The molecular formula is C21H24N2O4. The molecule has 6 nitrogen and oxygen atoms in total. The number of ether oxygens (including phenoxy) is 2. The molecule has 0 unspecified atom stereocenters. The smallest absolute Gasteiger partial charge is 0.252 e. The first kappa shape index (κ1) is 18.8. The first-order valence-electron chi connectivity index (χ1n) is 8.89. The van der Waals surface area contributed by atoms with Gasteiger partial charge >= 0.3 is 0 Å². The minimum Gasteiger partial charge on any atom is -0.497 e. The number of oxazole rings is 1. The van der Waals surface area contributed by atoms with Crippen LogP contribution < -0.4 is 14.8 Å². The molecular weight excluding hydrogens is 344 g/mol. The number of hydrogen-bond donors (Lipinski definition) is 1. The van der Waals surface area contributed by atoms with Gasteiger partial charge in [0.05, 0.1) is 14.2 Å². The van der Waals surface area contributed by atoms with E-state index in [1.165, 1.54) is 0 Å². The molecule has 6 heteroatoms. The summed E-state index contributed by atoms with van der Waals surface area (Å²) in [7, 11) is 3.10. The molecule has 0 radical (unpaired) electrons. The van der Waals surface area contributed by atoms with Crippen LogP contribution in [0.3, 0.4) is 0 Å². The van der Waals surface area contributed by atoms with Gasteiger partial charge in [-0.2, -0.15) is 0 Å². The van der Waals surface area contributed by atoms with E-state index >= 15 is 0 Å². The number of carbonyl (C=O) groups excluding carboxylic acids is 1. The lowest BCUT2D eigenvalue weighted by atomic mass is 10.0. The molecule has 0 bridgehead atoms. The van der Waals surface area contributed by atoms with Gasteiger partial charge in [0.1, 0.15) is 23.1 Å². The Kier molecular flexibility index (Phi) is 5.64. The van der Waals surface area contributed by atoms with Crippen LogP contribution in [-0.4, -0.2) is 25.1 Å². The van der Waals surface area contributed by atoms with Crippen molar-refractivity contribution < 1.29 is 18.7 Å². The summed E-state index contributed by atoms with van der Waals surface area (Å²) >= 11 is 0. The van der Waals surface area contributed by atoms with Gasteiger partial charge in [-0.25, -0.2) is 4.98 Å². The minimum absolute atomic E-state index is 0.236. The molecule has 3 rings (SSSR count). The van der Waals surface area contributed by atoms with Crippen molar-refractivity contribution in [1.82, 2.24) is 10.3 Å². The van der Waals surface area contributed by atoms with E-state index in [0.29, 0.717) is 40.9 Å². The first-order valence-corrected chi connectivity index (χ1v) is 8.89. The van der Waals surface area contributed by atoms with Crippen molar-refractivity contribution >= 4 is 17.0 Å². The van der Waals surface area contributed by atoms with E-state index in [4.69, 9.17) is 13.9 Å². The van der Waals surface area contributed by atoms with Crippen LogP contribution >= 0.6 is 0 Å². The van der Waals surface area contributed by atoms with E-state index in [1.54, 1.807) is 32.4 Å². The number of para-hydroxylation sites is 2. The van der Waals surface area contributed by atoms with Crippen molar-refractivity contribution in [3.8, 4) is 11.5 Å². The number of aromatic nitrogens is 1. The normalized spacial score (nSPS) is 12.2. The fourth-order valence-corrected chi connectivity index (χ4v) is 2.91. The molecule has 0 saturated heterocycles. The van der Waals surface area contributed by atoms with E-state index in [2.05, 4.69) is 24.1 Å². The van der Waals surface area contributed by atoms with Crippen LogP contribution in [0, 0.1) is 5.92 Å². The Morgan fingerprint density at radius 3 is 2.37 bits per heavy atom. The van der Waals surface area contributed by atoms with E-state index in [0.717, 1.165) is 5.52 Å². The summed E-state index contributed by atoms with van der Waals surface area (Å²) in [6.45, 7) is 4.19. The summed E-state index contributed by atoms with van der Waals surface area (Å²) in [4.78, 5) is 17.4. The van der Waals surface area contributed by atoms with Crippen molar-refractivity contribution in [2.24, 2.45) is 5.92 Å². The average Bonchev–Trinajstić information content (AvgIpc) is 3.10. The largest absolute Gasteiger partial charge is 0.497 e. The Morgan fingerprint density at radius 2 is 1.78 bits per heavy atom. The van der Waals surface area contributed by atoms with Crippen LogP contribution in [0.1, 0.15) is 42.6 Å². The Bertz CT molecular complexity index is 878. The fourth-order valence-electron chi connectivity index (χ4n) is 2.91. The number of amides is 1. The number of benzene rings is 2. The topological polar surface area (TPSA) is 73.6 Å². The van der Waals surface area contributed by atoms with Gasteiger partial charge in [-0.1, -0.05) is 26.0 Å². The van der Waals surface area contributed by atoms with E-state index in [1.807, 2.05) is 24.3 Å². The summed E-state index contributed by atoms with van der Waals surface area (Å²) in [5.41, 5.74) is 1.94. The molecule has 2 aromatic carbocycles. The van der Waals surface area contributed by atoms with Gasteiger partial charge in [-0.3, -0.25) is 4.79 Å². The predicted octanol–water partition coefficient (Wildman–Crippen LogP) is 4.36. The molecule has 0 aliphatic carbocycles. The maximum Gasteiger partial charge on any atom is 0.252 e. The zero-order valence-corrected chi connectivity index (χ0v) is 16.0. The molecule has 1 N–H and O–H groups in total. The third-order valence-corrected chi connectivity index (χ3v) is 4.23. The lowest BCUT2D eigenvalue weighted by Crippen LogP contribution is -2.29. The zero-order valence-electron chi connectivity index (χ0n) is 16.0. The third kappa shape index (κ3) is 4.39.